The first-order valence-electron chi connectivity index (χ1n) is 14.1. The van der Waals surface area contributed by atoms with E-state index in [9.17, 15) is 18.4 Å². The summed E-state index contributed by atoms with van der Waals surface area (Å²) in [6.45, 7) is 5.85. The zero-order valence-electron chi connectivity index (χ0n) is 23.2. The van der Waals surface area contributed by atoms with Crippen molar-refractivity contribution in [2.45, 2.75) is 89.4 Å². The first kappa shape index (κ1) is 29.1. The number of hydrogen-bond acceptors (Lipinski definition) is 5. The third kappa shape index (κ3) is 6.83. The third-order valence-electron chi connectivity index (χ3n) is 8.54. The van der Waals surface area contributed by atoms with Crippen molar-refractivity contribution < 1.29 is 18.4 Å². The average Bonchev–Trinajstić information content (AvgIpc) is 3.12. The predicted molar refractivity (Wildman–Crippen MR) is 147 cm³/mol. The van der Waals surface area contributed by atoms with Gasteiger partial charge in [-0.05, 0) is 44.6 Å². The number of benzene rings is 1. The minimum atomic E-state index is -3.08. The molecule has 1 aromatic carbocycles. The monoisotopic (exact) mass is 544 g/mol. The number of nitrogens with one attached hydrogen (secondary N) is 3. The van der Waals surface area contributed by atoms with Crippen LogP contribution in [0.15, 0.2) is 30.3 Å². The van der Waals surface area contributed by atoms with Crippen LogP contribution in [0.5, 0.6) is 0 Å². The van der Waals surface area contributed by atoms with Crippen LogP contribution in [-0.2, 0) is 9.59 Å². The molecule has 3 fully saturated rings. The van der Waals surface area contributed by atoms with Crippen molar-refractivity contribution in [3.63, 3.8) is 0 Å². The fraction of sp³-hybridized carbons (Fsp3) is 0.655. The summed E-state index contributed by atoms with van der Waals surface area (Å²) in [6.07, 6.45) is 4.40. The Hall–Kier alpha value is -2.88. The lowest BCUT2D eigenvalue weighted by molar-refractivity contribution is -0.143. The van der Waals surface area contributed by atoms with Gasteiger partial charge in [0.05, 0.1) is 24.3 Å². The smallest absolute Gasteiger partial charge is 0.266 e. The number of halogens is 2. The topological polar surface area (TPSA) is 104 Å². The van der Waals surface area contributed by atoms with Gasteiger partial charge >= 0.3 is 0 Å². The average molecular weight is 545 g/mol. The number of piperidine rings is 2. The molecule has 0 aliphatic carbocycles. The van der Waals surface area contributed by atoms with Gasteiger partial charge in [0.1, 0.15) is 5.84 Å². The molecule has 4 rings (SSSR count). The number of hydrogen-bond donors (Lipinski definition) is 3. The molecule has 8 nitrogen and oxygen atoms in total. The summed E-state index contributed by atoms with van der Waals surface area (Å²) in [5.41, 5.74) is 0.930. The number of nitrogens with zero attached hydrogens (tertiary/aromatic N) is 3. The van der Waals surface area contributed by atoms with E-state index in [0.29, 0.717) is 36.6 Å². The number of rotatable bonds is 9. The largest absolute Gasteiger partial charge is 0.349 e. The van der Waals surface area contributed by atoms with Crippen LogP contribution in [0.25, 0.3) is 0 Å². The van der Waals surface area contributed by atoms with Crippen LogP contribution in [0.4, 0.5) is 8.78 Å². The van der Waals surface area contributed by atoms with Crippen molar-refractivity contribution in [3.05, 3.63) is 35.9 Å². The Bertz CT molecular complexity index is 1040. The summed E-state index contributed by atoms with van der Waals surface area (Å²) in [5, 5.41) is 19.9. The van der Waals surface area contributed by atoms with Gasteiger partial charge in [-0.1, -0.05) is 44.2 Å². The van der Waals surface area contributed by atoms with E-state index >= 15 is 0 Å². The molecule has 39 heavy (non-hydrogen) atoms. The molecule has 3 aliphatic heterocycles. The van der Waals surface area contributed by atoms with Crippen LogP contribution in [0.2, 0.25) is 0 Å². The summed E-state index contributed by atoms with van der Waals surface area (Å²) < 4.78 is 28.4. The number of fused-ring (bicyclic) bond motifs is 2. The van der Waals surface area contributed by atoms with Gasteiger partial charge in [-0.25, -0.2) is 8.78 Å². The van der Waals surface area contributed by atoms with Crippen molar-refractivity contribution >= 4 is 24.0 Å². The maximum Gasteiger partial charge on any atom is 0.266 e. The van der Waals surface area contributed by atoms with Gasteiger partial charge < -0.3 is 15.1 Å². The van der Waals surface area contributed by atoms with E-state index in [2.05, 4.69) is 10.2 Å². The van der Waals surface area contributed by atoms with E-state index in [-0.39, 0.29) is 24.5 Å². The van der Waals surface area contributed by atoms with Gasteiger partial charge in [-0.2, -0.15) is 0 Å². The minimum Gasteiger partial charge on any atom is -0.349 e. The highest BCUT2D eigenvalue weighted by Crippen LogP contribution is 2.39. The summed E-state index contributed by atoms with van der Waals surface area (Å²) in [7, 11) is 0. The van der Waals surface area contributed by atoms with Gasteiger partial charge in [0.25, 0.3) is 5.92 Å². The fourth-order valence-corrected chi connectivity index (χ4v) is 6.72. The minimum absolute atomic E-state index is 0.00158. The van der Waals surface area contributed by atoms with E-state index in [0.717, 1.165) is 42.7 Å². The molecule has 2 bridgehead atoms. The van der Waals surface area contributed by atoms with E-state index in [4.69, 9.17) is 10.8 Å². The summed E-state index contributed by atoms with van der Waals surface area (Å²) in [5.74, 6) is -3.51. The summed E-state index contributed by atoms with van der Waals surface area (Å²) >= 11 is 0. The molecule has 3 N–H and O–H groups in total. The Balaban J connectivity index is 1.43. The van der Waals surface area contributed by atoms with Gasteiger partial charge in [-0.15, -0.1) is 0 Å². The molecule has 0 saturated carbocycles. The van der Waals surface area contributed by atoms with Crippen LogP contribution >= 0.6 is 0 Å². The van der Waals surface area contributed by atoms with Crippen LogP contribution in [0.1, 0.15) is 70.9 Å². The molecule has 214 valence electrons. The highest BCUT2D eigenvalue weighted by molar-refractivity contribution is 5.98. The Morgan fingerprint density at radius 3 is 2.38 bits per heavy atom. The van der Waals surface area contributed by atoms with E-state index in [1.54, 1.807) is 6.92 Å². The lowest BCUT2D eigenvalue weighted by Crippen LogP contribution is -2.54. The van der Waals surface area contributed by atoms with Crippen LogP contribution in [0.3, 0.4) is 0 Å². The molecule has 10 heteroatoms. The fourth-order valence-electron chi connectivity index (χ4n) is 6.72. The summed E-state index contributed by atoms with van der Waals surface area (Å²) in [6, 6.07) is 10.1. The first-order chi connectivity index (χ1) is 18.5. The molecule has 0 radical (unpaired) electrons. The Labute approximate surface area is 230 Å². The highest BCUT2D eigenvalue weighted by atomic mass is 19.3. The maximum absolute atomic E-state index is 14.2. The van der Waals surface area contributed by atoms with Crippen molar-refractivity contribution in [1.82, 2.24) is 20.0 Å². The second-order valence-electron chi connectivity index (χ2n) is 11.8. The summed E-state index contributed by atoms with van der Waals surface area (Å²) in [4.78, 5) is 29.8. The second kappa shape index (κ2) is 12.1. The maximum atomic E-state index is 14.2. The highest BCUT2D eigenvalue weighted by Gasteiger charge is 2.45. The zero-order chi connectivity index (χ0) is 28.3. The number of amides is 2. The molecule has 0 aromatic heterocycles. The van der Waals surface area contributed by atoms with Crippen LogP contribution in [-0.4, -0.2) is 82.4 Å². The van der Waals surface area contributed by atoms with Gasteiger partial charge in [0, 0.05) is 43.6 Å². The molecule has 0 spiro atoms. The van der Waals surface area contributed by atoms with E-state index in [1.807, 2.05) is 49.1 Å². The zero-order valence-corrected chi connectivity index (χ0v) is 23.2. The van der Waals surface area contributed by atoms with Gasteiger partial charge in [-0.3, -0.25) is 25.3 Å². The molecular formula is C29H42F2N6O2. The third-order valence-corrected chi connectivity index (χ3v) is 8.54. The molecule has 3 unspecified atom stereocenters. The Morgan fingerprint density at radius 1 is 1.18 bits per heavy atom. The van der Waals surface area contributed by atoms with Crippen molar-refractivity contribution in [2.75, 3.05) is 19.6 Å². The molecule has 5 atom stereocenters. The Kier molecular flexibility index (Phi) is 9.03. The SMILES string of the molecule is CC(=N)N(C(=N)C(C)C)C1CC2CC[C@@H](C1)N2CC[C@H](NC(=O)C1CN(C=O)CC(F)(F)C1)c1ccccc1. The second-order valence-corrected chi connectivity index (χ2v) is 11.8. The molecule has 3 heterocycles. The molecule has 2 amide bonds. The standard InChI is InChI=1S/C29H42F2N6O2/c1-19(2)27(33)37(20(3)32)25-13-23-9-10-24(14-25)36(23)12-11-26(21-7-5-4-6-8-21)34-28(39)22-15-29(30,31)17-35(16-22)18-38/h4-8,18-19,22-26,32-33H,9-17H2,1-3H3,(H,34,39)/t22?,23-,24?,25?,26-/m0/s1. The molecule has 1 aromatic rings. The molecule has 3 aliphatic rings. The first-order valence-corrected chi connectivity index (χ1v) is 14.1. The number of likely N-dealkylation sites (tertiary alicyclic amines) is 1. The quantitative estimate of drug-likeness (QED) is 0.245. The van der Waals surface area contributed by atoms with Crippen LogP contribution < -0.4 is 5.32 Å². The molecule has 3 saturated heterocycles. The normalized spacial score (nSPS) is 27.2. The Morgan fingerprint density at radius 2 is 1.82 bits per heavy atom. The molecular weight excluding hydrogens is 502 g/mol. The number of alkyl halides is 2. The number of amidine groups is 2. The van der Waals surface area contributed by atoms with E-state index in [1.165, 1.54) is 0 Å². The van der Waals surface area contributed by atoms with E-state index < -0.39 is 30.7 Å². The van der Waals surface area contributed by atoms with Crippen LogP contribution in [0, 0.1) is 22.7 Å². The number of carbonyl (C=O) groups is 2. The predicted octanol–water partition coefficient (Wildman–Crippen LogP) is 4.28. The van der Waals surface area contributed by atoms with Crippen molar-refractivity contribution in [2.24, 2.45) is 11.8 Å². The lowest BCUT2D eigenvalue weighted by atomic mass is 9.92. The number of carbonyl (C=O) groups excluding carboxylic acids is 2. The van der Waals surface area contributed by atoms with Crippen molar-refractivity contribution in [3.8, 4) is 0 Å². The van der Waals surface area contributed by atoms with Gasteiger partial charge in [0.15, 0.2) is 0 Å². The lowest BCUT2D eigenvalue weighted by Gasteiger charge is -2.44. The van der Waals surface area contributed by atoms with Crippen molar-refractivity contribution in [1.29, 1.82) is 10.8 Å². The van der Waals surface area contributed by atoms with Gasteiger partial charge in [0.2, 0.25) is 12.3 Å².